The van der Waals surface area contributed by atoms with Crippen molar-refractivity contribution in [2.45, 2.75) is 32.7 Å². The number of nitrogens with two attached hydrogens (primary N) is 1. The highest BCUT2D eigenvalue weighted by Crippen LogP contribution is 2.20. The lowest BCUT2D eigenvalue weighted by atomic mass is 9.95. The molecule has 1 aliphatic rings. The molecule has 1 aromatic carbocycles. The third kappa shape index (κ3) is 3.39. The molecule has 2 heterocycles. The molecular formula is C18H25N3O. The van der Waals surface area contributed by atoms with Gasteiger partial charge in [-0.05, 0) is 57.3 Å². The summed E-state index contributed by atoms with van der Waals surface area (Å²) in [7, 11) is 0. The van der Waals surface area contributed by atoms with E-state index >= 15 is 0 Å². The highest BCUT2D eigenvalue weighted by molar-refractivity contribution is 5.79. The molecule has 2 aromatic rings. The highest BCUT2D eigenvalue weighted by Gasteiger charge is 2.19. The van der Waals surface area contributed by atoms with Crippen molar-refractivity contribution in [2.75, 3.05) is 19.6 Å². The topological polar surface area (TPSA) is 62.1 Å². The Morgan fingerprint density at radius 2 is 2.23 bits per heavy atom. The van der Waals surface area contributed by atoms with Crippen LogP contribution in [0.25, 0.3) is 10.9 Å². The fourth-order valence-electron chi connectivity index (χ4n) is 3.51. The van der Waals surface area contributed by atoms with Gasteiger partial charge in [-0.3, -0.25) is 9.69 Å². The monoisotopic (exact) mass is 299 g/mol. The number of rotatable bonds is 4. The van der Waals surface area contributed by atoms with Gasteiger partial charge in [-0.2, -0.15) is 0 Å². The van der Waals surface area contributed by atoms with Crippen molar-refractivity contribution >= 4 is 10.9 Å². The predicted octanol–water partition coefficient (Wildman–Crippen LogP) is 2.40. The predicted molar refractivity (Wildman–Crippen MR) is 91.0 cm³/mol. The fraction of sp³-hybridized carbons (Fsp3) is 0.500. The zero-order valence-corrected chi connectivity index (χ0v) is 13.3. The van der Waals surface area contributed by atoms with Crippen molar-refractivity contribution in [3.05, 3.63) is 45.7 Å². The summed E-state index contributed by atoms with van der Waals surface area (Å²) >= 11 is 0. The van der Waals surface area contributed by atoms with E-state index in [1.54, 1.807) is 6.07 Å². The molecule has 0 radical (unpaired) electrons. The van der Waals surface area contributed by atoms with Crippen LogP contribution in [0.5, 0.6) is 0 Å². The smallest absolute Gasteiger partial charge is 0.189 e. The molecule has 1 fully saturated rings. The summed E-state index contributed by atoms with van der Waals surface area (Å²) in [5, 5.41) is 0.781. The minimum atomic E-state index is 0.114. The second-order valence-electron chi connectivity index (χ2n) is 6.53. The minimum absolute atomic E-state index is 0.114. The number of likely N-dealkylation sites (tertiary alicyclic amines) is 1. The Morgan fingerprint density at radius 1 is 1.36 bits per heavy atom. The number of nitrogens with zero attached hydrogens (tertiary/aromatic N) is 1. The third-order valence-corrected chi connectivity index (χ3v) is 4.61. The molecular weight excluding hydrogens is 274 g/mol. The van der Waals surface area contributed by atoms with Gasteiger partial charge in [0.2, 0.25) is 0 Å². The molecule has 3 N–H and O–H groups in total. The van der Waals surface area contributed by atoms with E-state index in [0.29, 0.717) is 5.92 Å². The Labute approximate surface area is 131 Å². The number of hydrogen-bond acceptors (Lipinski definition) is 3. The average Bonchev–Trinajstić information content (AvgIpc) is 2.49. The van der Waals surface area contributed by atoms with Gasteiger partial charge in [-0.1, -0.05) is 11.6 Å². The molecule has 0 bridgehead atoms. The average molecular weight is 299 g/mol. The lowest BCUT2D eigenvalue weighted by Gasteiger charge is -2.32. The third-order valence-electron chi connectivity index (χ3n) is 4.61. The Morgan fingerprint density at radius 3 is 3.05 bits per heavy atom. The van der Waals surface area contributed by atoms with Crippen LogP contribution in [0.2, 0.25) is 0 Å². The largest absolute Gasteiger partial charge is 0.357 e. The van der Waals surface area contributed by atoms with E-state index in [4.69, 9.17) is 5.73 Å². The summed E-state index contributed by atoms with van der Waals surface area (Å²) in [6.45, 7) is 5.79. The van der Waals surface area contributed by atoms with Gasteiger partial charge >= 0.3 is 0 Å². The van der Waals surface area contributed by atoms with Crippen LogP contribution < -0.4 is 11.2 Å². The molecule has 1 saturated heterocycles. The van der Waals surface area contributed by atoms with Gasteiger partial charge in [0, 0.05) is 35.8 Å². The standard InChI is InChI=1S/C18H25N3O/c1-13-4-5-17-16(9-13)18(22)10-15(20-17)12-21-8-2-3-14(11-21)6-7-19/h4-5,9-10,14H,2-3,6-8,11-12,19H2,1H3,(H,20,22)/t14-/m1/s1. The molecule has 0 spiro atoms. The van der Waals surface area contributed by atoms with Gasteiger partial charge in [0.1, 0.15) is 0 Å². The lowest BCUT2D eigenvalue weighted by molar-refractivity contribution is 0.161. The Balaban J connectivity index is 1.79. The van der Waals surface area contributed by atoms with Gasteiger partial charge < -0.3 is 10.7 Å². The summed E-state index contributed by atoms with van der Waals surface area (Å²) in [5.74, 6) is 0.702. The molecule has 1 aliphatic heterocycles. The van der Waals surface area contributed by atoms with Crippen molar-refractivity contribution in [2.24, 2.45) is 11.7 Å². The number of fused-ring (bicyclic) bond motifs is 1. The Bertz CT molecular complexity index is 705. The summed E-state index contributed by atoms with van der Waals surface area (Å²) < 4.78 is 0. The maximum absolute atomic E-state index is 12.3. The number of aryl methyl sites for hydroxylation is 1. The molecule has 0 amide bonds. The van der Waals surface area contributed by atoms with Gasteiger partial charge in [0.15, 0.2) is 5.43 Å². The number of pyridine rings is 1. The number of piperidine rings is 1. The number of hydrogen-bond donors (Lipinski definition) is 2. The van der Waals surface area contributed by atoms with Crippen LogP contribution >= 0.6 is 0 Å². The number of nitrogens with one attached hydrogen (secondary N) is 1. The molecule has 4 nitrogen and oxygen atoms in total. The zero-order valence-electron chi connectivity index (χ0n) is 13.3. The number of H-pyrrole nitrogens is 1. The van der Waals surface area contributed by atoms with Gasteiger partial charge in [0.05, 0.1) is 0 Å². The van der Waals surface area contributed by atoms with Crippen molar-refractivity contribution in [3.63, 3.8) is 0 Å². The van der Waals surface area contributed by atoms with E-state index in [1.165, 1.54) is 12.8 Å². The second kappa shape index (κ2) is 6.63. The first-order valence-corrected chi connectivity index (χ1v) is 8.20. The number of aromatic nitrogens is 1. The molecule has 0 aliphatic carbocycles. The Kier molecular flexibility index (Phi) is 4.60. The van der Waals surface area contributed by atoms with E-state index in [1.807, 2.05) is 25.1 Å². The van der Waals surface area contributed by atoms with Gasteiger partial charge in [-0.25, -0.2) is 0 Å². The summed E-state index contributed by atoms with van der Waals surface area (Å²) in [6, 6.07) is 7.76. The van der Waals surface area contributed by atoms with E-state index in [-0.39, 0.29) is 5.43 Å². The van der Waals surface area contributed by atoms with Gasteiger partial charge in [0.25, 0.3) is 0 Å². The van der Waals surface area contributed by atoms with E-state index < -0.39 is 0 Å². The summed E-state index contributed by atoms with van der Waals surface area (Å²) in [6.07, 6.45) is 3.60. The molecule has 0 unspecified atom stereocenters. The first kappa shape index (κ1) is 15.3. The summed E-state index contributed by atoms with van der Waals surface area (Å²) in [4.78, 5) is 18.2. The number of benzene rings is 1. The fourth-order valence-corrected chi connectivity index (χ4v) is 3.51. The quantitative estimate of drug-likeness (QED) is 0.911. The van der Waals surface area contributed by atoms with E-state index in [2.05, 4.69) is 9.88 Å². The van der Waals surface area contributed by atoms with Crippen molar-refractivity contribution < 1.29 is 0 Å². The SMILES string of the molecule is Cc1ccc2[nH]c(CN3CCC[C@H](CCN)C3)cc(=O)c2c1. The minimum Gasteiger partial charge on any atom is -0.357 e. The van der Waals surface area contributed by atoms with Crippen molar-refractivity contribution in [1.29, 1.82) is 0 Å². The van der Waals surface area contributed by atoms with Crippen LogP contribution in [0.15, 0.2) is 29.1 Å². The van der Waals surface area contributed by atoms with Crippen LogP contribution in [0, 0.1) is 12.8 Å². The van der Waals surface area contributed by atoms with Crippen LogP contribution in [0.4, 0.5) is 0 Å². The first-order chi connectivity index (χ1) is 10.7. The van der Waals surface area contributed by atoms with E-state index in [9.17, 15) is 4.79 Å². The number of aromatic amines is 1. The molecule has 3 rings (SSSR count). The first-order valence-electron chi connectivity index (χ1n) is 8.20. The van der Waals surface area contributed by atoms with E-state index in [0.717, 1.165) is 54.8 Å². The molecule has 1 aromatic heterocycles. The van der Waals surface area contributed by atoms with Crippen LogP contribution in [0.1, 0.15) is 30.5 Å². The maximum Gasteiger partial charge on any atom is 0.189 e. The second-order valence-corrected chi connectivity index (χ2v) is 6.53. The molecule has 118 valence electrons. The highest BCUT2D eigenvalue weighted by atomic mass is 16.1. The normalized spacial score (nSPS) is 19.6. The molecule has 4 heteroatoms. The van der Waals surface area contributed by atoms with Crippen LogP contribution in [-0.4, -0.2) is 29.5 Å². The van der Waals surface area contributed by atoms with Crippen molar-refractivity contribution in [3.8, 4) is 0 Å². The van der Waals surface area contributed by atoms with Crippen LogP contribution in [-0.2, 0) is 6.54 Å². The Hall–Kier alpha value is -1.65. The van der Waals surface area contributed by atoms with Crippen molar-refractivity contribution in [1.82, 2.24) is 9.88 Å². The van der Waals surface area contributed by atoms with Gasteiger partial charge in [-0.15, -0.1) is 0 Å². The molecule has 0 saturated carbocycles. The zero-order chi connectivity index (χ0) is 15.5. The lowest BCUT2D eigenvalue weighted by Crippen LogP contribution is -2.36. The molecule has 22 heavy (non-hydrogen) atoms. The summed E-state index contributed by atoms with van der Waals surface area (Å²) in [5.41, 5.74) is 8.86. The molecule has 1 atom stereocenters. The maximum atomic E-state index is 12.3. The van der Waals surface area contributed by atoms with Crippen LogP contribution in [0.3, 0.4) is 0 Å².